The van der Waals surface area contributed by atoms with Gasteiger partial charge in [-0.15, -0.1) is 26.3 Å². The van der Waals surface area contributed by atoms with Crippen molar-refractivity contribution in [3.8, 4) is 0 Å². The lowest BCUT2D eigenvalue weighted by Gasteiger charge is -2.33. The molecule has 0 aromatic heterocycles. The van der Waals surface area contributed by atoms with Crippen molar-refractivity contribution in [2.75, 3.05) is 37.8 Å². The molecule has 162 valence electrons. The number of carbonyl (C=O) groups is 3. The van der Waals surface area contributed by atoms with E-state index in [4.69, 9.17) is 0 Å². The number of allylic oxidation sites excluding steroid dienone is 4. The first-order chi connectivity index (χ1) is 13.7. The molecule has 1 N–H and O–H groups in total. The van der Waals surface area contributed by atoms with Gasteiger partial charge in [-0.1, -0.05) is 24.3 Å². The number of hydrogen-bond acceptors (Lipinski definition) is 6. The summed E-state index contributed by atoms with van der Waals surface area (Å²) in [5.74, 6) is -1.21. The number of rotatable bonds is 17. The highest BCUT2D eigenvalue weighted by molar-refractivity contribution is 7.82. The first kappa shape index (κ1) is 27.0. The molecule has 0 atom stereocenters. The average molecular weight is 443 g/mol. The fraction of sp³-hybridized carbons (Fsp3) is 0.450. The van der Waals surface area contributed by atoms with E-state index < -0.39 is 31.6 Å². The minimum absolute atomic E-state index is 0.0673. The third-order valence-corrected chi connectivity index (χ3v) is 12.9. The molecular formula is C20H31NO6P2. The molecule has 0 rings (SSSR count). The maximum Gasteiger partial charge on any atom is 0.325 e. The summed E-state index contributed by atoms with van der Waals surface area (Å²) in [6.07, 6.45) is 7.34. The number of carbonyl (C=O) groups excluding carboxylic acids is 3. The predicted molar refractivity (Wildman–Crippen MR) is 119 cm³/mol. The summed E-state index contributed by atoms with van der Waals surface area (Å²) in [5, 5.41) is 1.67. The van der Waals surface area contributed by atoms with Crippen molar-refractivity contribution < 1.29 is 28.3 Å². The maximum absolute atomic E-state index is 13.7. The van der Waals surface area contributed by atoms with Gasteiger partial charge in [0.2, 0.25) is 5.91 Å². The number of amides is 1. The SMILES string of the molecule is C=CCP(=O)(CC=C)C(CCC(=O)NCC(=O)OCC=O)P(=O)(CC=C)CC=C. The summed E-state index contributed by atoms with van der Waals surface area (Å²) in [7, 11) is -6.05. The molecule has 0 aliphatic carbocycles. The molecule has 1 amide bonds. The van der Waals surface area contributed by atoms with E-state index >= 15 is 0 Å². The lowest BCUT2D eigenvalue weighted by atomic mass is 10.3. The number of aldehydes is 1. The molecule has 0 heterocycles. The van der Waals surface area contributed by atoms with Gasteiger partial charge in [-0.05, 0) is 6.42 Å². The highest BCUT2D eigenvalue weighted by Crippen LogP contribution is 2.69. The third kappa shape index (κ3) is 9.38. The Hall–Kier alpha value is -1.97. The molecule has 0 fully saturated rings. The van der Waals surface area contributed by atoms with E-state index in [2.05, 4.69) is 36.4 Å². The maximum atomic E-state index is 13.7. The highest BCUT2D eigenvalue weighted by atomic mass is 31.2. The van der Waals surface area contributed by atoms with Gasteiger partial charge < -0.3 is 19.2 Å². The summed E-state index contributed by atoms with van der Waals surface area (Å²) in [6, 6.07) is 0. The van der Waals surface area contributed by atoms with Gasteiger partial charge in [0.25, 0.3) is 0 Å². The molecule has 0 spiro atoms. The average Bonchev–Trinajstić information content (AvgIpc) is 2.65. The van der Waals surface area contributed by atoms with Crippen LogP contribution in [-0.4, -0.2) is 61.4 Å². The second kappa shape index (κ2) is 14.1. The summed E-state index contributed by atoms with van der Waals surface area (Å²) in [4.78, 5) is 33.7. The van der Waals surface area contributed by atoms with E-state index in [9.17, 15) is 23.5 Å². The number of esters is 1. The molecule has 0 aromatic rings. The van der Waals surface area contributed by atoms with E-state index in [0.29, 0.717) is 6.29 Å². The Morgan fingerprint density at radius 3 is 1.72 bits per heavy atom. The fourth-order valence-corrected chi connectivity index (χ4v) is 11.5. The number of ether oxygens (including phenoxy) is 1. The van der Waals surface area contributed by atoms with Crippen LogP contribution in [0.2, 0.25) is 0 Å². The predicted octanol–water partition coefficient (Wildman–Crippen LogP) is 3.42. The van der Waals surface area contributed by atoms with Crippen molar-refractivity contribution in [1.29, 1.82) is 0 Å². The van der Waals surface area contributed by atoms with E-state index in [-0.39, 0.29) is 50.6 Å². The van der Waals surface area contributed by atoms with Crippen molar-refractivity contribution in [2.45, 2.75) is 18.2 Å². The Labute approximate surface area is 173 Å². The van der Waals surface area contributed by atoms with Gasteiger partial charge in [-0.25, -0.2) is 0 Å². The van der Waals surface area contributed by atoms with Crippen LogP contribution in [0.3, 0.4) is 0 Å². The van der Waals surface area contributed by atoms with Gasteiger partial charge in [0, 0.05) is 31.1 Å². The Morgan fingerprint density at radius 1 is 0.897 bits per heavy atom. The largest absolute Gasteiger partial charge is 0.457 e. The topological polar surface area (TPSA) is 107 Å². The summed E-state index contributed by atoms with van der Waals surface area (Å²) < 4.78 is 31.9. The van der Waals surface area contributed by atoms with Crippen molar-refractivity contribution in [3.63, 3.8) is 0 Å². The molecule has 0 aromatic carbocycles. The normalized spacial score (nSPS) is 11.3. The molecule has 0 bridgehead atoms. The zero-order valence-electron chi connectivity index (χ0n) is 16.8. The van der Waals surface area contributed by atoms with E-state index in [1.807, 2.05) is 0 Å². The Bertz CT molecular complexity index is 650. The number of nitrogens with one attached hydrogen (secondary N) is 1. The third-order valence-electron chi connectivity index (χ3n) is 4.21. The minimum Gasteiger partial charge on any atom is -0.457 e. The van der Waals surface area contributed by atoms with E-state index in [1.165, 1.54) is 24.3 Å². The van der Waals surface area contributed by atoms with Crippen LogP contribution in [0.25, 0.3) is 0 Å². The molecule has 0 unspecified atom stereocenters. The molecule has 9 heteroatoms. The Kier molecular flexibility index (Phi) is 13.1. The van der Waals surface area contributed by atoms with Crippen LogP contribution in [0.1, 0.15) is 12.8 Å². The van der Waals surface area contributed by atoms with E-state index in [0.717, 1.165) is 0 Å². The fourth-order valence-electron chi connectivity index (χ4n) is 3.06. The van der Waals surface area contributed by atoms with Gasteiger partial charge in [-0.3, -0.25) is 14.4 Å². The van der Waals surface area contributed by atoms with Gasteiger partial charge in [0.15, 0.2) is 6.29 Å². The quantitative estimate of drug-likeness (QED) is 0.160. The van der Waals surface area contributed by atoms with Crippen molar-refractivity contribution in [1.82, 2.24) is 5.32 Å². The van der Waals surface area contributed by atoms with Crippen molar-refractivity contribution in [2.24, 2.45) is 0 Å². The van der Waals surface area contributed by atoms with Crippen LogP contribution in [0.15, 0.2) is 50.6 Å². The summed E-state index contributed by atoms with van der Waals surface area (Å²) in [5.41, 5.74) is 0. The second-order valence-electron chi connectivity index (χ2n) is 6.44. The lowest BCUT2D eigenvalue weighted by Crippen LogP contribution is -2.31. The molecule has 7 nitrogen and oxygen atoms in total. The zero-order chi connectivity index (χ0) is 22.3. The van der Waals surface area contributed by atoms with Crippen molar-refractivity contribution >= 4 is 32.4 Å². The van der Waals surface area contributed by atoms with Gasteiger partial charge in [-0.2, -0.15) is 0 Å². The molecule has 0 saturated heterocycles. The molecule has 0 saturated carbocycles. The van der Waals surface area contributed by atoms with E-state index in [1.54, 1.807) is 0 Å². The van der Waals surface area contributed by atoms with Gasteiger partial charge in [0.05, 0.1) is 5.40 Å². The minimum atomic E-state index is -3.02. The smallest absolute Gasteiger partial charge is 0.325 e. The standard InChI is InChI=1S/C20H31NO6P2/c1-5-13-28(25,14-6-2)20(29(26,15-7-3)16-8-4)10-9-18(23)21-17-19(24)27-12-11-22/h5-8,11,20H,1-4,9-10,12-17H2,(H,21,23). The number of hydrogen-bond donors (Lipinski definition) is 1. The van der Waals surface area contributed by atoms with Crippen LogP contribution in [0, 0.1) is 0 Å². The van der Waals surface area contributed by atoms with Crippen LogP contribution in [-0.2, 0) is 28.3 Å². The molecule has 0 radical (unpaired) electrons. The summed E-state index contributed by atoms with van der Waals surface area (Å²) >= 11 is 0. The molecule has 0 aliphatic heterocycles. The monoisotopic (exact) mass is 443 g/mol. The molecular weight excluding hydrogens is 412 g/mol. The first-order valence-electron chi connectivity index (χ1n) is 9.18. The van der Waals surface area contributed by atoms with Crippen LogP contribution < -0.4 is 5.32 Å². The van der Waals surface area contributed by atoms with Gasteiger partial charge >= 0.3 is 5.97 Å². The zero-order valence-corrected chi connectivity index (χ0v) is 18.6. The Morgan fingerprint density at radius 2 is 1.34 bits per heavy atom. The molecule has 29 heavy (non-hydrogen) atoms. The van der Waals surface area contributed by atoms with Crippen LogP contribution in [0.5, 0.6) is 0 Å². The van der Waals surface area contributed by atoms with Crippen LogP contribution >= 0.6 is 14.3 Å². The lowest BCUT2D eigenvalue weighted by molar-refractivity contribution is -0.145. The second-order valence-corrected chi connectivity index (χ2v) is 13.4. The Balaban J connectivity index is 5.47. The highest BCUT2D eigenvalue weighted by Gasteiger charge is 2.42. The van der Waals surface area contributed by atoms with Gasteiger partial charge in [0.1, 0.15) is 27.4 Å². The summed E-state index contributed by atoms with van der Waals surface area (Å²) in [6.45, 7) is 13.9. The van der Waals surface area contributed by atoms with Crippen LogP contribution in [0.4, 0.5) is 0 Å². The van der Waals surface area contributed by atoms with Crippen molar-refractivity contribution in [3.05, 3.63) is 50.6 Å². The first-order valence-corrected chi connectivity index (χ1v) is 13.5. The molecule has 0 aliphatic rings.